The molecule has 2 N–H and O–H groups in total. The molecule has 0 aromatic carbocycles. The van der Waals surface area contributed by atoms with E-state index >= 15 is 0 Å². The van der Waals surface area contributed by atoms with Crippen LogP contribution in [-0.2, 0) is 14.3 Å². The number of ether oxygens (including phenoxy) is 2. The lowest BCUT2D eigenvalue weighted by Crippen LogP contribution is -2.34. The third-order valence-electron chi connectivity index (χ3n) is 5.58. The fourth-order valence-corrected chi connectivity index (χ4v) is 4.55. The minimum absolute atomic E-state index is 0.0417. The van der Waals surface area contributed by atoms with Gasteiger partial charge in [-0.1, -0.05) is 11.8 Å². The molecule has 0 aromatic heterocycles. The van der Waals surface area contributed by atoms with Gasteiger partial charge in [-0.25, -0.2) is 0 Å². The Labute approximate surface area is 199 Å². The minimum atomic E-state index is 0.0417. The molecular weight excluding hydrogens is 424 g/mol. The first-order valence-corrected chi connectivity index (χ1v) is 12.0. The quantitative estimate of drug-likeness (QED) is 0.517. The van der Waals surface area contributed by atoms with Crippen molar-refractivity contribution in [1.29, 1.82) is 0 Å². The normalized spacial score (nSPS) is 19.0. The number of allylic oxidation sites excluding steroid dienone is 3. The van der Waals surface area contributed by atoms with Crippen LogP contribution < -0.4 is 5.73 Å². The van der Waals surface area contributed by atoms with Gasteiger partial charge in [0.2, 0.25) is 0 Å². The number of carbonyl (C=O) groups is 1. The van der Waals surface area contributed by atoms with Crippen molar-refractivity contribution in [2.75, 3.05) is 61.5 Å². The van der Waals surface area contributed by atoms with E-state index in [9.17, 15) is 4.79 Å². The van der Waals surface area contributed by atoms with Crippen LogP contribution in [-0.4, -0.2) is 93.5 Å². The van der Waals surface area contributed by atoms with E-state index in [4.69, 9.17) is 15.2 Å². The highest BCUT2D eigenvalue weighted by Crippen LogP contribution is 2.46. The van der Waals surface area contributed by atoms with Crippen molar-refractivity contribution in [3.05, 3.63) is 33.2 Å². The van der Waals surface area contributed by atoms with Crippen LogP contribution in [0.15, 0.2) is 33.2 Å². The second-order valence-electron chi connectivity index (χ2n) is 9.56. The fraction of sp³-hybridized carbons (Fsp3) is 0.708. The summed E-state index contributed by atoms with van der Waals surface area (Å²) in [6, 6.07) is 0. The highest BCUT2D eigenvalue weighted by molar-refractivity contribution is 8.05. The summed E-state index contributed by atoms with van der Waals surface area (Å²) in [7, 11) is 10.1. The monoisotopic (exact) mass is 468 g/mol. The van der Waals surface area contributed by atoms with Crippen LogP contribution in [0.3, 0.4) is 0 Å². The van der Waals surface area contributed by atoms with Gasteiger partial charge < -0.3 is 29.9 Å². The summed E-state index contributed by atoms with van der Waals surface area (Å²) in [4.78, 5) is 18.5. The smallest absolute Gasteiger partial charge is 0.158 e. The van der Waals surface area contributed by atoms with Crippen molar-refractivity contribution in [1.82, 2.24) is 14.7 Å². The number of thioether (sulfide) groups is 1. The Morgan fingerprint density at radius 2 is 1.75 bits per heavy atom. The Hall–Kier alpha value is -1.48. The second-order valence-corrected chi connectivity index (χ2v) is 10.7. The molecule has 2 aliphatic heterocycles. The minimum Gasteiger partial charge on any atom is -0.490 e. The average Bonchev–Trinajstić information content (AvgIpc) is 3.05. The Morgan fingerprint density at radius 1 is 1.16 bits per heavy atom. The lowest BCUT2D eigenvalue weighted by Gasteiger charge is -2.35. The Balaban J connectivity index is 0.000000751. The molecular formula is C24H44N4O3S. The first-order valence-electron chi connectivity index (χ1n) is 11.1. The summed E-state index contributed by atoms with van der Waals surface area (Å²) >= 11 is 1.51. The van der Waals surface area contributed by atoms with Crippen molar-refractivity contribution in [2.24, 2.45) is 5.73 Å². The predicted octanol–water partition coefficient (Wildman–Crippen LogP) is 3.25. The summed E-state index contributed by atoms with van der Waals surface area (Å²) in [5.41, 5.74) is 9.99. The third-order valence-corrected chi connectivity index (χ3v) is 6.92. The molecule has 2 rings (SSSR count). The number of hydrogen-bond donors (Lipinski definition) is 1. The molecule has 0 aliphatic carbocycles. The maximum absolute atomic E-state index is 11.3. The molecule has 0 radical (unpaired) electrons. The van der Waals surface area contributed by atoms with Crippen LogP contribution in [0, 0.1) is 0 Å². The van der Waals surface area contributed by atoms with E-state index in [1.165, 1.54) is 11.8 Å². The highest BCUT2D eigenvalue weighted by Gasteiger charge is 2.38. The zero-order chi connectivity index (χ0) is 24.6. The summed E-state index contributed by atoms with van der Waals surface area (Å²) in [6.07, 6.45) is 2.00. The van der Waals surface area contributed by atoms with Gasteiger partial charge in [-0.2, -0.15) is 0 Å². The number of nitrogens with zero attached hydrogens (tertiary/aromatic N) is 3. The molecule has 2 heterocycles. The topological polar surface area (TPSA) is 71.3 Å². The van der Waals surface area contributed by atoms with Crippen molar-refractivity contribution in [3.8, 4) is 0 Å². The van der Waals surface area contributed by atoms with Gasteiger partial charge in [0, 0.05) is 31.8 Å². The van der Waals surface area contributed by atoms with E-state index in [0.29, 0.717) is 17.2 Å². The van der Waals surface area contributed by atoms with Crippen LogP contribution in [0.2, 0.25) is 0 Å². The Bertz CT molecular complexity index is 738. The summed E-state index contributed by atoms with van der Waals surface area (Å²) in [5.74, 6) is 0.885. The van der Waals surface area contributed by atoms with Gasteiger partial charge in [-0.05, 0) is 75.3 Å². The number of rotatable bonds is 9. The highest BCUT2D eigenvalue weighted by atomic mass is 32.2. The molecule has 0 spiro atoms. The third kappa shape index (κ3) is 8.14. The summed E-state index contributed by atoms with van der Waals surface area (Å²) < 4.78 is 11.1. The van der Waals surface area contributed by atoms with Gasteiger partial charge in [-0.3, -0.25) is 4.79 Å². The molecule has 0 saturated heterocycles. The van der Waals surface area contributed by atoms with Gasteiger partial charge in [0.05, 0.1) is 21.9 Å². The van der Waals surface area contributed by atoms with E-state index in [1.807, 2.05) is 34.7 Å². The molecule has 2 aliphatic rings. The summed E-state index contributed by atoms with van der Waals surface area (Å²) in [6.45, 7) is 13.8. The molecule has 1 unspecified atom stereocenters. The average molecular weight is 469 g/mol. The SMILES string of the molecule is CC1=C2C(N)=C(C=O)SC2N(C)C(C)=C1OCCN(C)CCCN(C)C.COC(C)(C)C. The fourth-order valence-electron chi connectivity index (χ4n) is 3.27. The van der Waals surface area contributed by atoms with Gasteiger partial charge in [0.15, 0.2) is 6.29 Å². The number of likely N-dealkylation sites (N-methyl/N-ethyl adjacent to an activating group) is 2. The van der Waals surface area contributed by atoms with Gasteiger partial charge >= 0.3 is 0 Å². The Kier molecular flexibility index (Phi) is 11.3. The first kappa shape index (κ1) is 28.6. The molecule has 0 aromatic rings. The van der Waals surface area contributed by atoms with Gasteiger partial charge in [0.1, 0.15) is 17.7 Å². The number of fused-ring (bicyclic) bond motifs is 1. The lowest BCUT2D eigenvalue weighted by molar-refractivity contribution is -0.104. The molecule has 1 atom stereocenters. The van der Waals surface area contributed by atoms with Gasteiger partial charge in [0.25, 0.3) is 0 Å². The van der Waals surface area contributed by atoms with Crippen LogP contribution in [0.5, 0.6) is 0 Å². The maximum Gasteiger partial charge on any atom is 0.158 e. The molecule has 32 heavy (non-hydrogen) atoms. The number of aldehydes is 1. The number of hydrogen-bond acceptors (Lipinski definition) is 8. The predicted molar refractivity (Wildman–Crippen MR) is 135 cm³/mol. The number of carbonyl (C=O) groups excluding carboxylic acids is 1. The lowest BCUT2D eigenvalue weighted by atomic mass is 9.99. The molecule has 0 fully saturated rings. The number of nitrogens with two attached hydrogens (primary N) is 1. The van der Waals surface area contributed by atoms with E-state index in [0.717, 1.165) is 54.9 Å². The molecule has 7 nitrogen and oxygen atoms in total. The van der Waals surface area contributed by atoms with E-state index in [-0.39, 0.29) is 11.0 Å². The zero-order valence-corrected chi connectivity index (χ0v) is 22.6. The van der Waals surface area contributed by atoms with Crippen LogP contribution >= 0.6 is 11.8 Å². The van der Waals surface area contributed by atoms with Crippen molar-refractivity contribution < 1.29 is 14.3 Å². The van der Waals surface area contributed by atoms with Crippen LogP contribution in [0.25, 0.3) is 0 Å². The van der Waals surface area contributed by atoms with Crippen molar-refractivity contribution in [2.45, 2.75) is 52.0 Å². The first-order chi connectivity index (χ1) is 14.8. The molecule has 184 valence electrons. The van der Waals surface area contributed by atoms with E-state index in [1.54, 1.807) is 7.11 Å². The largest absolute Gasteiger partial charge is 0.490 e. The van der Waals surface area contributed by atoms with Crippen LogP contribution in [0.4, 0.5) is 0 Å². The standard InChI is InChI=1S/C19H32N4O2S.C5H12O/c1-13-16-17(20)15(12-24)26-19(16)23(6)14(2)18(13)25-11-10-22(5)9-7-8-21(3)4;1-5(2,3)6-4/h12,19H,7-11,20H2,1-6H3;1-4H3. The van der Waals surface area contributed by atoms with Crippen LogP contribution in [0.1, 0.15) is 41.0 Å². The van der Waals surface area contributed by atoms with Crippen molar-refractivity contribution >= 4 is 18.0 Å². The number of methoxy groups -OCH3 is 1. The zero-order valence-electron chi connectivity index (χ0n) is 21.7. The van der Waals surface area contributed by atoms with E-state index in [2.05, 4.69) is 42.8 Å². The maximum atomic E-state index is 11.3. The molecule has 8 heteroatoms. The summed E-state index contributed by atoms with van der Waals surface area (Å²) in [5, 5.41) is 0.0660. The molecule has 0 saturated carbocycles. The second kappa shape index (κ2) is 12.7. The van der Waals surface area contributed by atoms with E-state index < -0.39 is 0 Å². The van der Waals surface area contributed by atoms with Crippen molar-refractivity contribution in [3.63, 3.8) is 0 Å². The Morgan fingerprint density at radius 3 is 2.25 bits per heavy atom. The van der Waals surface area contributed by atoms with Gasteiger partial charge in [-0.15, -0.1) is 0 Å². The molecule has 0 amide bonds. The molecule has 0 bridgehead atoms.